The lowest BCUT2D eigenvalue weighted by Gasteiger charge is -2.18. The molecule has 1 N–H and O–H groups in total. The van der Waals surface area contributed by atoms with E-state index >= 15 is 0 Å². The fourth-order valence-corrected chi connectivity index (χ4v) is 5.82. The highest BCUT2D eigenvalue weighted by Gasteiger charge is 2.30. The van der Waals surface area contributed by atoms with Crippen LogP contribution in [0.4, 0.5) is 0 Å². The largest absolute Gasteiger partial charge is 0.353 e. The quantitative estimate of drug-likeness (QED) is 0.471. The Hall–Kier alpha value is -2.32. The Labute approximate surface area is 189 Å². The number of thioether (sulfide) groups is 1. The second kappa shape index (κ2) is 8.67. The molecule has 2 aromatic heterocycles. The van der Waals surface area contributed by atoms with Crippen LogP contribution in [-0.2, 0) is 4.79 Å². The summed E-state index contributed by atoms with van der Waals surface area (Å²) in [6.45, 7) is 0. The van der Waals surface area contributed by atoms with Gasteiger partial charge in [-0.05, 0) is 31.0 Å². The Morgan fingerprint density at radius 3 is 2.81 bits per heavy atom. The molecule has 0 saturated heterocycles. The van der Waals surface area contributed by atoms with Gasteiger partial charge in [0.05, 0.1) is 17.9 Å². The van der Waals surface area contributed by atoms with Gasteiger partial charge < -0.3 is 5.32 Å². The normalized spacial score (nSPS) is 19.3. The molecule has 1 aliphatic carbocycles. The monoisotopic (exact) mass is 457 g/mol. The number of carbonyl (C=O) groups is 1. The van der Waals surface area contributed by atoms with Crippen LogP contribution in [0.25, 0.3) is 16.7 Å². The van der Waals surface area contributed by atoms with E-state index in [1.54, 1.807) is 27.6 Å². The van der Waals surface area contributed by atoms with Gasteiger partial charge in [-0.15, -0.1) is 0 Å². The van der Waals surface area contributed by atoms with Gasteiger partial charge in [0.1, 0.15) is 5.39 Å². The van der Waals surface area contributed by atoms with Gasteiger partial charge in [-0.3, -0.25) is 14.2 Å². The maximum atomic E-state index is 13.3. The molecule has 1 aliphatic heterocycles. The Bertz CT molecular complexity index is 1180. The zero-order chi connectivity index (χ0) is 21.4. The SMILES string of the molecule is O=C(CC1CSc2nc3c(cnn3-c3cccc(Cl)c3)c(=O)n21)NC1CCCCCC1. The van der Waals surface area contributed by atoms with Gasteiger partial charge in [0.2, 0.25) is 5.91 Å². The van der Waals surface area contributed by atoms with Crippen LogP contribution in [0.2, 0.25) is 5.02 Å². The molecule has 1 aromatic carbocycles. The van der Waals surface area contributed by atoms with Crippen LogP contribution in [0.15, 0.2) is 40.4 Å². The van der Waals surface area contributed by atoms with Crippen LogP contribution in [-0.4, -0.2) is 37.0 Å². The van der Waals surface area contributed by atoms with Gasteiger partial charge in [-0.1, -0.05) is 55.1 Å². The summed E-state index contributed by atoms with van der Waals surface area (Å²) in [5, 5.41) is 9.23. The van der Waals surface area contributed by atoms with Crippen molar-refractivity contribution in [3.05, 3.63) is 45.8 Å². The van der Waals surface area contributed by atoms with E-state index in [1.807, 2.05) is 12.1 Å². The lowest BCUT2D eigenvalue weighted by atomic mass is 10.1. The molecular formula is C22H24ClN5O2S. The molecule has 0 spiro atoms. The molecule has 3 aromatic rings. The van der Waals surface area contributed by atoms with Crippen molar-refractivity contribution in [3.63, 3.8) is 0 Å². The third kappa shape index (κ3) is 4.11. The highest BCUT2D eigenvalue weighted by molar-refractivity contribution is 7.99. The van der Waals surface area contributed by atoms with Crippen LogP contribution in [0.3, 0.4) is 0 Å². The van der Waals surface area contributed by atoms with E-state index in [0.29, 0.717) is 33.4 Å². The van der Waals surface area contributed by atoms with E-state index < -0.39 is 0 Å². The van der Waals surface area contributed by atoms with Crippen LogP contribution >= 0.6 is 23.4 Å². The Morgan fingerprint density at radius 1 is 1.23 bits per heavy atom. The Morgan fingerprint density at radius 2 is 2.03 bits per heavy atom. The first-order valence-corrected chi connectivity index (χ1v) is 12.1. The number of nitrogens with one attached hydrogen (secondary N) is 1. The maximum absolute atomic E-state index is 13.3. The van der Waals surface area contributed by atoms with E-state index in [2.05, 4.69) is 10.4 Å². The second-order valence-corrected chi connectivity index (χ2v) is 9.69. The van der Waals surface area contributed by atoms with E-state index in [-0.39, 0.29) is 23.6 Å². The van der Waals surface area contributed by atoms with Gasteiger partial charge in [-0.25, -0.2) is 9.67 Å². The van der Waals surface area contributed by atoms with Crippen molar-refractivity contribution in [1.82, 2.24) is 24.6 Å². The van der Waals surface area contributed by atoms with Crippen molar-refractivity contribution in [2.75, 3.05) is 5.75 Å². The zero-order valence-electron chi connectivity index (χ0n) is 17.1. The van der Waals surface area contributed by atoms with Crippen molar-refractivity contribution in [3.8, 4) is 5.69 Å². The van der Waals surface area contributed by atoms with Gasteiger partial charge in [0, 0.05) is 23.2 Å². The number of carbonyl (C=O) groups excluding carboxylic acids is 1. The number of fused-ring (bicyclic) bond motifs is 2. The summed E-state index contributed by atoms with van der Waals surface area (Å²) in [5.74, 6) is 0.685. The van der Waals surface area contributed by atoms with E-state index in [0.717, 1.165) is 18.5 Å². The molecule has 162 valence electrons. The molecule has 7 nitrogen and oxygen atoms in total. The number of nitrogens with zero attached hydrogens (tertiary/aromatic N) is 4. The molecule has 1 fully saturated rings. The molecule has 2 aliphatic rings. The predicted octanol–water partition coefficient (Wildman–Crippen LogP) is 4.11. The smallest absolute Gasteiger partial charge is 0.265 e. The molecular weight excluding hydrogens is 434 g/mol. The Balaban J connectivity index is 1.40. The summed E-state index contributed by atoms with van der Waals surface area (Å²) in [6.07, 6.45) is 8.78. The van der Waals surface area contributed by atoms with Crippen molar-refractivity contribution >= 4 is 40.3 Å². The molecule has 1 saturated carbocycles. The van der Waals surface area contributed by atoms with Gasteiger partial charge >= 0.3 is 0 Å². The number of rotatable bonds is 4. The first-order chi connectivity index (χ1) is 15.1. The van der Waals surface area contributed by atoms with Gasteiger partial charge in [0.25, 0.3) is 5.56 Å². The standard InChI is InChI=1S/C22H24ClN5O2S/c23-14-6-5-9-16(10-14)28-20-18(12-24-28)21(30)27-17(13-31-22(27)26-20)11-19(29)25-15-7-3-1-2-4-8-15/h5-6,9-10,12,15,17H,1-4,7-8,11,13H2,(H,25,29). The van der Waals surface area contributed by atoms with Crippen LogP contribution in [0, 0.1) is 0 Å². The second-order valence-electron chi connectivity index (χ2n) is 8.27. The molecule has 1 atom stereocenters. The average molecular weight is 458 g/mol. The van der Waals surface area contributed by atoms with Gasteiger partial charge in [-0.2, -0.15) is 5.10 Å². The first kappa shape index (κ1) is 20.6. The maximum Gasteiger partial charge on any atom is 0.265 e. The minimum atomic E-state index is -0.190. The molecule has 1 amide bonds. The molecule has 1 unspecified atom stereocenters. The summed E-state index contributed by atoms with van der Waals surface area (Å²) in [7, 11) is 0. The number of aromatic nitrogens is 4. The Kier molecular flexibility index (Phi) is 5.75. The molecule has 31 heavy (non-hydrogen) atoms. The third-order valence-electron chi connectivity index (χ3n) is 6.06. The number of hydrogen-bond acceptors (Lipinski definition) is 5. The third-order valence-corrected chi connectivity index (χ3v) is 7.40. The fraction of sp³-hybridized carbons (Fsp3) is 0.455. The highest BCUT2D eigenvalue weighted by atomic mass is 35.5. The number of halogens is 1. The van der Waals surface area contributed by atoms with Crippen LogP contribution in [0.1, 0.15) is 51.0 Å². The summed E-state index contributed by atoms with van der Waals surface area (Å²) in [6, 6.07) is 7.36. The zero-order valence-corrected chi connectivity index (χ0v) is 18.7. The van der Waals surface area contributed by atoms with Crippen molar-refractivity contribution < 1.29 is 4.79 Å². The molecule has 9 heteroatoms. The minimum Gasteiger partial charge on any atom is -0.353 e. The van der Waals surface area contributed by atoms with Crippen molar-refractivity contribution in [2.24, 2.45) is 0 Å². The summed E-state index contributed by atoms with van der Waals surface area (Å²) in [5.41, 5.74) is 1.11. The highest BCUT2D eigenvalue weighted by Crippen LogP contribution is 2.33. The van der Waals surface area contributed by atoms with Crippen molar-refractivity contribution in [2.45, 2.75) is 62.2 Å². The van der Waals surface area contributed by atoms with E-state index in [9.17, 15) is 9.59 Å². The lowest BCUT2D eigenvalue weighted by molar-refractivity contribution is -0.122. The van der Waals surface area contributed by atoms with Crippen molar-refractivity contribution in [1.29, 1.82) is 0 Å². The fourth-order valence-electron chi connectivity index (χ4n) is 4.50. The lowest BCUT2D eigenvalue weighted by Crippen LogP contribution is -2.36. The van der Waals surface area contributed by atoms with E-state index in [4.69, 9.17) is 16.6 Å². The van der Waals surface area contributed by atoms with Crippen LogP contribution < -0.4 is 10.9 Å². The summed E-state index contributed by atoms with van der Waals surface area (Å²) >= 11 is 7.63. The number of benzene rings is 1. The topological polar surface area (TPSA) is 81.8 Å². The number of hydrogen-bond donors (Lipinski definition) is 1. The molecule has 0 radical (unpaired) electrons. The molecule has 3 heterocycles. The van der Waals surface area contributed by atoms with Crippen LogP contribution in [0.5, 0.6) is 0 Å². The minimum absolute atomic E-state index is 0.0203. The van der Waals surface area contributed by atoms with Gasteiger partial charge in [0.15, 0.2) is 10.8 Å². The molecule has 0 bridgehead atoms. The average Bonchev–Trinajstić information content (AvgIpc) is 3.26. The first-order valence-electron chi connectivity index (χ1n) is 10.8. The predicted molar refractivity (Wildman–Crippen MR) is 122 cm³/mol. The molecule has 5 rings (SSSR count). The summed E-state index contributed by atoms with van der Waals surface area (Å²) < 4.78 is 3.31. The van der Waals surface area contributed by atoms with E-state index in [1.165, 1.54) is 37.4 Å². The number of amides is 1. The summed E-state index contributed by atoms with van der Waals surface area (Å²) in [4.78, 5) is 30.7.